The van der Waals surface area contributed by atoms with Gasteiger partial charge in [0.1, 0.15) is 0 Å². The Kier molecular flexibility index (Phi) is 16.7. The first-order valence-electron chi connectivity index (χ1n) is 13.6. The molecule has 0 saturated carbocycles. The summed E-state index contributed by atoms with van der Waals surface area (Å²) in [7, 11) is 0. The van der Waals surface area contributed by atoms with Crippen LogP contribution in [-0.4, -0.2) is 16.6 Å². The fourth-order valence-electron chi connectivity index (χ4n) is 3.42. The molecule has 0 heterocycles. The van der Waals surface area contributed by atoms with Crippen molar-refractivity contribution in [3.05, 3.63) is 89.0 Å². The van der Waals surface area contributed by atoms with E-state index in [2.05, 4.69) is 114 Å². The SMILES string of the molecule is CC(C)(C)[O-].CC(C)(C)[O-].CC1=[C-]C(C)C(C)=C1C.C[Si](C)=[Zr+2].Cc1cc2c(-c3ccccc3)cccc2[cH-]1. The zero-order chi connectivity index (χ0) is 30.6. The van der Waals surface area contributed by atoms with Crippen LogP contribution in [0.5, 0.6) is 0 Å². The Balaban J connectivity index is 0.000000533. The normalized spacial score (nSPS) is 14.5. The van der Waals surface area contributed by atoms with Gasteiger partial charge in [-0.05, 0) is 5.56 Å². The molecule has 0 bridgehead atoms. The first-order chi connectivity index (χ1) is 17.7. The van der Waals surface area contributed by atoms with E-state index in [0.29, 0.717) is 5.92 Å². The average molecular weight is 622 g/mol. The van der Waals surface area contributed by atoms with Gasteiger partial charge < -0.3 is 10.2 Å². The van der Waals surface area contributed by atoms with Crippen molar-refractivity contribution in [3.8, 4) is 11.1 Å². The number of rotatable bonds is 1. The van der Waals surface area contributed by atoms with Gasteiger partial charge in [-0.15, -0.1) is 52.7 Å². The summed E-state index contributed by atoms with van der Waals surface area (Å²) >= 11 is 1.74. The van der Waals surface area contributed by atoms with Gasteiger partial charge in [-0.3, -0.25) is 6.08 Å². The number of allylic oxidation sites excluding steroid dienone is 4. The summed E-state index contributed by atoms with van der Waals surface area (Å²) < 4.78 is 0. The van der Waals surface area contributed by atoms with E-state index in [1.807, 2.05) is 0 Å². The van der Waals surface area contributed by atoms with Crippen LogP contribution in [0.25, 0.3) is 21.9 Å². The van der Waals surface area contributed by atoms with Crippen molar-refractivity contribution in [2.75, 3.05) is 0 Å². The van der Waals surface area contributed by atoms with Crippen LogP contribution in [-0.2, 0) is 23.3 Å². The van der Waals surface area contributed by atoms with Crippen LogP contribution < -0.4 is 10.2 Å². The van der Waals surface area contributed by atoms with Crippen molar-refractivity contribution in [2.24, 2.45) is 5.92 Å². The van der Waals surface area contributed by atoms with E-state index >= 15 is 0 Å². The van der Waals surface area contributed by atoms with E-state index in [9.17, 15) is 10.2 Å². The molecular formula is C35H50O2SiZr-2. The smallest absolute Gasteiger partial charge is 0.0279 e. The quantitative estimate of drug-likeness (QED) is 0.203. The van der Waals surface area contributed by atoms with E-state index in [1.165, 1.54) is 44.2 Å². The molecule has 4 heteroatoms. The summed E-state index contributed by atoms with van der Waals surface area (Å²) in [5.41, 5.74) is 6.90. The molecule has 0 N–H and O–H groups in total. The van der Waals surface area contributed by atoms with E-state index < -0.39 is 11.2 Å². The standard InChI is InChI=1S/C16H13.C9H13.2C4H9O.C2H6Si.Zr/c1-12-10-14-8-5-9-15(16(14)11-12)13-6-3-2-4-7-13;1-6-5-7(2)9(4)8(6)3;2*1-4(2,3)5;1-3-2;/h2-11H,1H3;6H,1-4H3;2*1-3H3;1-2H3;/q4*-1;;+2. The van der Waals surface area contributed by atoms with Crippen molar-refractivity contribution >= 4 is 16.2 Å². The van der Waals surface area contributed by atoms with Crippen LogP contribution in [0.4, 0.5) is 0 Å². The molecule has 212 valence electrons. The molecule has 1 atom stereocenters. The molecule has 4 rings (SSSR count). The van der Waals surface area contributed by atoms with Crippen LogP contribution in [0.1, 0.15) is 74.8 Å². The van der Waals surface area contributed by atoms with Gasteiger partial charge in [0.05, 0.1) is 0 Å². The molecule has 1 aliphatic carbocycles. The monoisotopic (exact) mass is 620 g/mol. The Morgan fingerprint density at radius 3 is 1.64 bits per heavy atom. The van der Waals surface area contributed by atoms with Crippen LogP contribution in [0.2, 0.25) is 13.1 Å². The molecule has 2 nitrogen and oxygen atoms in total. The Hall–Kier alpha value is -1.45. The van der Waals surface area contributed by atoms with Crippen LogP contribution in [0.3, 0.4) is 0 Å². The molecule has 0 aromatic heterocycles. The van der Waals surface area contributed by atoms with Gasteiger partial charge in [0.2, 0.25) is 0 Å². The summed E-state index contributed by atoms with van der Waals surface area (Å²) in [5.74, 6) is 0.560. The van der Waals surface area contributed by atoms with Gasteiger partial charge in [0.25, 0.3) is 0 Å². The average Bonchev–Trinajstić information content (AvgIpc) is 3.25. The van der Waals surface area contributed by atoms with Gasteiger partial charge in [-0.1, -0.05) is 117 Å². The fourth-order valence-corrected chi connectivity index (χ4v) is 3.42. The maximum Gasteiger partial charge on any atom is -0.0279 e. The molecule has 0 aliphatic heterocycles. The summed E-state index contributed by atoms with van der Waals surface area (Å²) in [5, 5.41) is 22.9. The maximum atomic E-state index is 10.1. The number of fused-ring (bicyclic) bond motifs is 1. The second kappa shape index (κ2) is 17.4. The fraction of sp³-hybridized carbons (Fsp3) is 0.457. The van der Waals surface area contributed by atoms with Gasteiger partial charge in [-0.2, -0.15) is 17.2 Å². The number of benzene rings is 2. The van der Waals surface area contributed by atoms with Crippen LogP contribution in [0.15, 0.2) is 77.4 Å². The topological polar surface area (TPSA) is 46.1 Å². The van der Waals surface area contributed by atoms with Crippen molar-refractivity contribution in [3.63, 3.8) is 0 Å². The Morgan fingerprint density at radius 1 is 0.821 bits per heavy atom. The summed E-state index contributed by atoms with van der Waals surface area (Å²) in [6.45, 7) is 25.2. The predicted octanol–water partition coefficient (Wildman–Crippen LogP) is 8.33. The minimum absolute atomic E-state index is 0.210. The third-order valence-corrected chi connectivity index (χ3v) is 5.22. The molecule has 3 aromatic carbocycles. The van der Waals surface area contributed by atoms with Crippen LogP contribution >= 0.6 is 0 Å². The van der Waals surface area contributed by atoms with Gasteiger partial charge in [-0.25, -0.2) is 5.57 Å². The number of hydrogen-bond donors (Lipinski definition) is 0. The van der Waals surface area contributed by atoms with Crippen LogP contribution in [0, 0.1) is 18.9 Å². The largest absolute Gasteiger partial charge is 0.165 e. The third kappa shape index (κ3) is 18.5. The Labute approximate surface area is 255 Å². The van der Waals surface area contributed by atoms with E-state index in [1.54, 1.807) is 64.9 Å². The number of aryl methyl sites for hydroxylation is 1. The molecule has 0 fully saturated rings. The molecule has 0 saturated heterocycles. The van der Waals surface area contributed by atoms with E-state index in [0.717, 1.165) is 0 Å². The van der Waals surface area contributed by atoms with Crippen molar-refractivity contribution in [1.82, 2.24) is 0 Å². The Morgan fingerprint density at radius 2 is 1.28 bits per heavy atom. The minimum Gasteiger partial charge on any atom is -0.165 e. The second-order valence-electron chi connectivity index (χ2n) is 12.2. The molecular weight excluding hydrogens is 572 g/mol. The molecule has 0 radical (unpaired) electrons. The first kappa shape index (κ1) is 37.6. The molecule has 0 amide bonds. The summed E-state index contributed by atoms with van der Waals surface area (Å²) in [6.07, 6.45) is 3.36. The molecule has 1 aliphatic rings. The second-order valence-corrected chi connectivity index (χ2v) is 21.6. The van der Waals surface area contributed by atoms with Gasteiger partial charge >= 0.3 is 41.9 Å². The zero-order valence-electron chi connectivity index (χ0n) is 26.7. The van der Waals surface area contributed by atoms with Gasteiger partial charge in [0.15, 0.2) is 0 Å². The molecule has 3 aromatic rings. The van der Waals surface area contributed by atoms with Crippen molar-refractivity contribution < 1.29 is 33.5 Å². The van der Waals surface area contributed by atoms with Gasteiger partial charge in [0, 0.05) is 0 Å². The molecule has 39 heavy (non-hydrogen) atoms. The minimum atomic E-state index is -0.750. The summed E-state index contributed by atoms with van der Waals surface area (Å²) in [6, 6.07) is 21.6. The molecule has 0 spiro atoms. The Bertz CT molecular complexity index is 1190. The van der Waals surface area contributed by atoms with Crippen molar-refractivity contribution in [1.29, 1.82) is 0 Å². The number of hydrogen-bond acceptors (Lipinski definition) is 2. The third-order valence-electron chi connectivity index (χ3n) is 5.22. The maximum absolute atomic E-state index is 10.1. The predicted molar refractivity (Wildman–Crippen MR) is 167 cm³/mol. The van der Waals surface area contributed by atoms with E-state index in [-0.39, 0.29) is 5.43 Å². The molecule has 1 unspecified atom stereocenters. The summed E-state index contributed by atoms with van der Waals surface area (Å²) in [4.78, 5) is 0. The first-order valence-corrected chi connectivity index (χ1v) is 19.8. The van der Waals surface area contributed by atoms with Crippen molar-refractivity contribution in [2.45, 2.75) is 100 Å². The zero-order valence-corrected chi connectivity index (χ0v) is 30.1. The van der Waals surface area contributed by atoms with E-state index in [4.69, 9.17) is 0 Å².